The Morgan fingerprint density at radius 2 is 1.00 bits per heavy atom. The SMILES string of the molecule is Cc1ccc(S(=O)(=O)n2ccc3c(N[C@H]4CCCN(C(=O)CNc5cccc(F)c5)C4)ncnc32)cc1.Cc1ccc(S(=O)(=O)n2ccc3c(N[C@H]4CCCNC4)ncnc32)cc1.Cl.O=C(CNc1cccc(F)c1)N1CCC[C@H](Nc2ncnc3[nH]ccc23)C1. The highest BCUT2D eigenvalue weighted by Crippen LogP contribution is 2.29. The molecule has 9 heterocycles. The number of anilines is 5. The predicted octanol–water partition coefficient (Wildman–Crippen LogP) is 8.81. The highest BCUT2D eigenvalue weighted by Gasteiger charge is 2.28. The van der Waals surface area contributed by atoms with Crippen molar-refractivity contribution in [1.82, 2.24) is 57.9 Å². The maximum absolute atomic E-state index is 13.4. The minimum absolute atomic E-state index is 0. The fraction of sp³-hybridized carbons (Fsp3) is 0.302. The van der Waals surface area contributed by atoms with Crippen LogP contribution in [-0.4, -0.2) is 152 Å². The van der Waals surface area contributed by atoms with Crippen molar-refractivity contribution < 1.29 is 35.2 Å². The molecule has 0 spiro atoms. The number of carbonyl (C=O) groups excluding carboxylic acids is 2. The van der Waals surface area contributed by atoms with Gasteiger partial charge >= 0.3 is 0 Å². The van der Waals surface area contributed by atoms with Crippen LogP contribution in [0.5, 0.6) is 0 Å². The summed E-state index contributed by atoms with van der Waals surface area (Å²) in [5.74, 6) is 1.19. The molecule has 10 aromatic rings. The van der Waals surface area contributed by atoms with Gasteiger partial charge in [0.15, 0.2) is 11.3 Å². The molecular formula is C63H70ClF2N17O6S2. The van der Waals surface area contributed by atoms with E-state index in [1.807, 2.05) is 31.0 Å². The maximum atomic E-state index is 13.4. The van der Waals surface area contributed by atoms with Gasteiger partial charge in [0.2, 0.25) is 11.8 Å². The van der Waals surface area contributed by atoms with Gasteiger partial charge in [-0.2, -0.15) is 0 Å². The second-order valence-corrected chi connectivity index (χ2v) is 25.9. The second-order valence-electron chi connectivity index (χ2n) is 22.3. The smallest absolute Gasteiger partial charge is 0.269 e. The number of nitrogens with zero attached hydrogens (tertiary/aromatic N) is 10. The first-order valence-electron chi connectivity index (χ1n) is 29.7. The van der Waals surface area contributed by atoms with Gasteiger partial charge in [0.1, 0.15) is 53.7 Å². The monoisotopic (exact) mass is 1300 g/mol. The zero-order valence-corrected chi connectivity index (χ0v) is 52.4. The number of hydrogen-bond acceptors (Lipinski definition) is 18. The van der Waals surface area contributed by atoms with Gasteiger partial charge in [0, 0.05) is 80.8 Å². The molecule has 0 saturated carbocycles. The fourth-order valence-electron chi connectivity index (χ4n) is 11.1. The van der Waals surface area contributed by atoms with Crippen molar-refractivity contribution in [2.75, 3.05) is 78.9 Å². The molecule has 23 nitrogen and oxygen atoms in total. The average Bonchev–Trinajstić information content (AvgIpc) is 1.76. The number of fused-ring (bicyclic) bond motifs is 3. The van der Waals surface area contributed by atoms with Crippen LogP contribution in [0.4, 0.5) is 37.6 Å². The third kappa shape index (κ3) is 15.6. The first kappa shape index (κ1) is 64.7. The summed E-state index contributed by atoms with van der Waals surface area (Å²) in [6.45, 7) is 8.37. The van der Waals surface area contributed by atoms with E-state index in [2.05, 4.69) is 66.8 Å². The molecule has 0 radical (unpaired) electrons. The van der Waals surface area contributed by atoms with E-state index in [0.29, 0.717) is 59.1 Å². The van der Waals surface area contributed by atoms with E-state index in [9.17, 15) is 35.2 Å². The van der Waals surface area contributed by atoms with Gasteiger partial charge in [-0.15, -0.1) is 12.4 Å². The Labute approximate surface area is 531 Å². The van der Waals surface area contributed by atoms with E-state index in [-0.39, 0.29) is 82.5 Å². The highest BCUT2D eigenvalue weighted by atomic mass is 35.5. The maximum Gasteiger partial charge on any atom is 0.269 e. The Balaban J connectivity index is 0.000000152. The number of piperidine rings is 3. The summed E-state index contributed by atoms with van der Waals surface area (Å²) < 4.78 is 81.5. The first-order chi connectivity index (χ1) is 43.5. The third-order valence-electron chi connectivity index (χ3n) is 15.8. The van der Waals surface area contributed by atoms with Crippen molar-refractivity contribution in [3.05, 3.63) is 176 Å². The Bertz CT molecular complexity index is 4380. The Morgan fingerprint density at radius 3 is 1.46 bits per heavy atom. The summed E-state index contributed by atoms with van der Waals surface area (Å²) in [5.41, 5.74) is 4.58. The molecule has 13 rings (SSSR count). The van der Waals surface area contributed by atoms with Crippen LogP contribution in [0.25, 0.3) is 33.1 Å². The number of H-pyrrole nitrogens is 1. The van der Waals surface area contributed by atoms with E-state index >= 15 is 0 Å². The van der Waals surface area contributed by atoms with Crippen molar-refractivity contribution in [3.8, 4) is 0 Å². The van der Waals surface area contributed by atoms with Crippen molar-refractivity contribution in [2.24, 2.45) is 0 Å². The van der Waals surface area contributed by atoms with E-state index < -0.39 is 20.0 Å². The Kier molecular flexibility index (Phi) is 20.7. The Morgan fingerprint density at radius 1 is 0.549 bits per heavy atom. The van der Waals surface area contributed by atoms with Crippen LogP contribution in [0, 0.1) is 25.5 Å². The first-order valence-corrected chi connectivity index (χ1v) is 32.5. The number of likely N-dealkylation sites (tertiary alicyclic amines) is 2. The molecule has 7 N–H and O–H groups in total. The van der Waals surface area contributed by atoms with Crippen LogP contribution in [-0.2, 0) is 29.6 Å². The van der Waals surface area contributed by atoms with Gasteiger partial charge in [0.25, 0.3) is 20.0 Å². The number of rotatable bonds is 16. The molecule has 28 heteroatoms. The van der Waals surface area contributed by atoms with Gasteiger partial charge in [-0.25, -0.2) is 63.5 Å². The fourth-order valence-corrected chi connectivity index (χ4v) is 13.7. The van der Waals surface area contributed by atoms with Crippen LogP contribution in [0.3, 0.4) is 0 Å². The largest absolute Gasteiger partial charge is 0.376 e. The lowest BCUT2D eigenvalue weighted by atomic mass is 10.1. The van der Waals surface area contributed by atoms with Gasteiger partial charge in [-0.1, -0.05) is 47.5 Å². The van der Waals surface area contributed by atoms with Gasteiger partial charge in [0.05, 0.1) is 39.0 Å². The van der Waals surface area contributed by atoms with Crippen LogP contribution in [0.2, 0.25) is 0 Å². The molecule has 3 aliphatic heterocycles. The molecular weight excluding hydrogens is 1230 g/mol. The molecule has 0 unspecified atom stereocenters. The lowest BCUT2D eigenvalue weighted by Crippen LogP contribution is -2.47. The molecule has 3 fully saturated rings. The number of carbonyl (C=O) groups is 2. The van der Waals surface area contributed by atoms with E-state index in [4.69, 9.17) is 0 Å². The molecule has 4 aromatic carbocycles. The highest BCUT2D eigenvalue weighted by molar-refractivity contribution is 7.90. The number of aromatic amines is 1. The summed E-state index contributed by atoms with van der Waals surface area (Å²) >= 11 is 0. The van der Waals surface area contributed by atoms with E-state index in [1.165, 1.54) is 53.4 Å². The lowest BCUT2D eigenvalue weighted by Gasteiger charge is -2.33. The van der Waals surface area contributed by atoms with Gasteiger partial charge in [-0.3, -0.25) is 9.59 Å². The minimum atomic E-state index is -3.83. The summed E-state index contributed by atoms with van der Waals surface area (Å²) in [7, 11) is -7.53. The minimum Gasteiger partial charge on any atom is -0.376 e. The molecule has 91 heavy (non-hydrogen) atoms. The van der Waals surface area contributed by atoms with Gasteiger partial charge in [-0.05, 0) is 138 Å². The summed E-state index contributed by atoms with van der Waals surface area (Å²) in [6.07, 6.45) is 14.8. The lowest BCUT2D eigenvalue weighted by molar-refractivity contribution is -0.131. The van der Waals surface area contributed by atoms with E-state index in [0.717, 1.165) is 90.1 Å². The average molecular weight is 1300 g/mol. The zero-order chi connectivity index (χ0) is 62.8. The second kappa shape index (κ2) is 29.1. The normalized spacial score (nSPS) is 16.8. The standard InChI is InChI=1S/C26H27FN6O3S.C19H21FN6O.C18H21N5O2S.ClH/c1-18-7-9-22(10-8-18)37(35,36)33-13-11-23-25(29-17-30-26(23)33)31-21-6-3-12-32(16-21)24(34)15-28-20-5-2-4-19(27)14-20;20-13-3-1-4-14(9-13)22-10-17(27)26-8-2-5-15(11-26)25-19-16-6-7-21-18(16)23-12-24-19;1-13-4-6-15(7-5-13)26(24,25)23-10-8-16-17(20-12-21-18(16)23)22-14-3-2-9-19-11-14;/h2,4-5,7-11,13-14,17,21,28H,3,6,12,15-16H2,1H3,(H,29,30,31);1,3-4,6-7,9,12,15,22H,2,5,8,10-11H2,(H2,21,23,24,25);4-8,10,12,14,19H,2-3,9,11H2,1H3,(H,20,21,22);1H/t21-;15-;14-;/m000./s1. The number of aromatic nitrogens is 9. The zero-order valence-electron chi connectivity index (χ0n) is 50.0. The molecule has 3 atom stereocenters. The molecule has 0 aliphatic carbocycles. The van der Waals surface area contributed by atoms with Crippen LogP contribution in [0.15, 0.2) is 163 Å². The molecule has 6 aromatic heterocycles. The number of hydrogen-bond donors (Lipinski definition) is 7. The van der Waals surface area contributed by atoms with Crippen LogP contribution in [0.1, 0.15) is 49.7 Å². The number of amides is 2. The van der Waals surface area contributed by atoms with Crippen molar-refractivity contribution >= 4 is 106 Å². The topological polar surface area (TPSA) is 284 Å². The van der Waals surface area contributed by atoms with Crippen molar-refractivity contribution in [1.29, 1.82) is 0 Å². The number of nitrogens with one attached hydrogen (secondary N) is 7. The van der Waals surface area contributed by atoms with Crippen LogP contribution < -0.4 is 31.9 Å². The Hall–Kier alpha value is -9.31. The number of benzene rings is 4. The van der Waals surface area contributed by atoms with Gasteiger partial charge < -0.3 is 46.7 Å². The number of aryl methyl sites for hydroxylation is 2. The summed E-state index contributed by atoms with van der Waals surface area (Å²) in [5, 5.41) is 21.8. The number of halogens is 3. The van der Waals surface area contributed by atoms with Crippen molar-refractivity contribution in [2.45, 2.75) is 80.3 Å². The molecule has 0 bridgehead atoms. The molecule has 2 amide bonds. The summed E-state index contributed by atoms with van der Waals surface area (Å²) in [6, 6.07) is 31.3. The quantitative estimate of drug-likeness (QED) is 0.0476. The predicted molar refractivity (Wildman–Crippen MR) is 349 cm³/mol. The summed E-state index contributed by atoms with van der Waals surface area (Å²) in [4.78, 5) is 58.1. The molecule has 3 aliphatic rings. The molecule has 476 valence electrons. The van der Waals surface area contributed by atoms with E-state index in [1.54, 1.807) is 96.0 Å². The molecule has 3 saturated heterocycles. The van der Waals surface area contributed by atoms with Crippen molar-refractivity contribution in [3.63, 3.8) is 0 Å². The van der Waals surface area contributed by atoms with Crippen LogP contribution >= 0.6 is 12.4 Å². The third-order valence-corrected chi connectivity index (χ3v) is 19.2.